The van der Waals surface area contributed by atoms with Gasteiger partial charge in [-0.15, -0.1) is 0 Å². The first-order valence-electron chi connectivity index (χ1n) is 8.95. The molecule has 0 radical (unpaired) electrons. The van der Waals surface area contributed by atoms with E-state index in [2.05, 4.69) is 0 Å². The van der Waals surface area contributed by atoms with Gasteiger partial charge in [0.05, 0.1) is 20.8 Å². The largest absolute Gasteiger partial charge is 0.493 e. The number of ketones is 1. The minimum absolute atomic E-state index is 0.0814. The molecule has 1 heterocycles. The quantitative estimate of drug-likeness (QED) is 0.750. The molecule has 0 N–H and O–H groups in total. The molecule has 0 saturated carbocycles. The Kier molecular flexibility index (Phi) is 4.58. The summed E-state index contributed by atoms with van der Waals surface area (Å²) < 4.78 is 27.0. The molecule has 28 heavy (non-hydrogen) atoms. The normalized spacial score (nSPS) is 16.7. The standard InChI is InChI=1S/C21H20O7/c1-4-26-21(23)20-12-7-17(25-3)16(24-2)6-11(12)5-15(22)13-8-18-19(9-14(13)20)28-10-27-18/h6-9,20H,4-5,10H2,1-3H3/t20-/m0/s1. The van der Waals surface area contributed by atoms with Crippen molar-refractivity contribution in [1.29, 1.82) is 0 Å². The van der Waals surface area contributed by atoms with Gasteiger partial charge in [-0.3, -0.25) is 9.59 Å². The van der Waals surface area contributed by atoms with Crippen LogP contribution in [0.4, 0.5) is 0 Å². The summed E-state index contributed by atoms with van der Waals surface area (Å²) in [4.78, 5) is 26.0. The lowest BCUT2D eigenvalue weighted by molar-refractivity contribution is -0.143. The molecule has 7 nitrogen and oxygen atoms in total. The first-order valence-corrected chi connectivity index (χ1v) is 8.95. The summed E-state index contributed by atoms with van der Waals surface area (Å²) in [6.45, 7) is 2.06. The Morgan fingerprint density at radius 2 is 1.71 bits per heavy atom. The van der Waals surface area contributed by atoms with Crippen LogP contribution in [0.1, 0.15) is 39.9 Å². The van der Waals surface area contributed by atoms with Crippen molar-refractivity contribution in [2.24, 2.45) is 0 Å². The van der Waals surface area contributed by atoms with Gasteiger partial charge in [0.15, 0.2) is 28.8 Å². The van der Waals surface area contributed by atoms with Crippen molar-refractivity contribution in [2.75, 3.05) is 27.6 Å². The molecule has 2 aromatic rings. The number of rotatable bonds is 4. The molecule has 4 rings (SSSR count). The Hall–Kier alpha value is -3.22. The molecule has 1 atom stereocenters. The number of carbonyl (C=O) groups is 2. The molecule has 146 valence electrons. The number of hydrogen-bond donors (Lipinski definition) is 0. The third-order valence-electron chi connectivity index (χ3n) is 4.99. The van der Waals surface area contributed by atoms with Crippen LogP contribution < -0.4 is 18.9 Å². The van der Waals surface area contributed by atoms with E-state index in [0.29, 0.717) is 45.3 Å². The molecule has 2 aliphatic rings. The average Bonchev–Trinajstić information content (AvgIpc) is 3.11. The average molecular weight is 384 g/mol. The Balaban J connectivity index is 1.97. The first kappa shape index (κ1) is 18.2. The van der Waals surface area contributed by atoms with Gasteiger partial charge in [-0.2, -0.15) is 0 Å². The Bertz CT molecular complexity index is 964. The number of fused-ring (bicyclic) bond motifs is 3. The van der Waals surface area contributed by atoms with E-state index >= 15 is 0 Å². The van der Waals surface area contributed by atoms with E-state index in [-0.39, 0.29) is 25.6 Å². The maximum Gasteiger partial charge on any atom is 0.317 e. The zero-order valence-electron chi connectivity index (χ0n) is 15.9. The molecule has 0 bridgehead atoms. The fourth-order valence-corrected chi connectivity index (χ4v) is 3.71. The van der Waals surface area contributed by atoms with E-state index in [4.69, 9.17) is 23.7 Å². The summed E-state index contributed by atoms with van der Waals surface area (Å²) in [6.07, 6.45) is 0.123. The highest BCUT2D eigenvalue weighted by Crippen LogP contribution is 2.44. The predicted octanol–water partition coefficient (Wildman–Crippen LogP) is 2.87. The van der Waals surface area contributed by atoms with Crippen LogP contribution in [0.2, 0.25) is 0 Å². The lowest BCUT2D eigenvalue weighted by atomic mass is 9.87. The summed E-state index contributed by atoms with van der Waals surface area (Å²) in [6, 6.07) is 6.82. The van der Waals surface area contributed by atoms with E-state index < -0.39 is 11.9 Å². The molecule has 7 heteroatoms. The number of esters is 1. The fraction of sp³-hybridized carbons (Fsp3) is 0.333. The summed E-state index contributed by atoms with van der Waals surface area (Å²) in [5.74, 6) is 0.634. The number of hydrogen-bond acceptors (Lipinski definition) is 7. The Morgan fingerprint density at radius 1 is 1.04 bits per heavy atom. The molecule has 0 unspecified atom stereocenters. The zero-order chi connectivity index (χ0) is 19.8. The molecule has 0 spiro atoms. The van der Waals surface area contributed by atoms with Crippen LogP contribution in [-0.2, 0) is 16.0 Å². The second-order valence-electron chi connectivity index (χ2n) is 6.48. The van der Waals surface area contributed by atoms with Crippen molar-refractivity contribution >= 4 is 11.8 Å². The summed E-state index contributed by atoms with van der Waals surface area (Å²) in [5, 5.41) is 0. The first-order chi connectivity index (χ1) is 13.6. The van der Waals surface area contributed by atoms with Crippen molar-refractivity contribution in [3.05, 3.63) is 46.5 Å². The van der Waals surface area contributed by atoms with Gasteiger partial charge in [0.2, 0.25) is 6.79 Å². The van der Waals surface area contributed by atoms with Crippen LogP contribution in [0, 0.1) is 0 Å². The summed E-state index contributed by atoms with van der Waals surface area (Å²) in [5.41, 5.74) is 2.32. The van der Waals surface area contributed by atoms with Crippen LogP contribution in [0.25, 0.3) is 0 Å². The van der Waals surface area contributed by atoms with E-state index in [0.717, 1.165) is 0 Å². The van der Waals surface area contributed by atoms with Crippen molar-refractivity contribution < 1.29 is 33.3 Å². The lowest BCUT2D eigenvalue weighted by Crippen LogP contribution is -2.19. The van der Waals surface area contributed by atoms with Gasteiger partial charge in [0, 0.05) is 12.0 Å². The van der Waals surface area contributed by atoms with Crippen LogP contribution >= 0.6 is 0 Å². The highest BCUT2D eigenvalue weighted by molar-refractivity contribution is 6.03. The molecular weight excluding hydrogens is 364 g/mol. The minimum Gasteiger partial charge on any atom is -0.493 e. The zero-order valence-corrected chi connectivity index (χ0v) is 15.9. The molecule has 0 aromatic heterocycles. The molecule has 1 aliphatic heterocycles. The van der Waals surface area contributed by atoms with Gasteiger partial charge in [0.25, 0.3) is 0 Å². The van der Waals surface area contributed by atoms with E-state index in [1.54, 1.807) is 31.2 Å². The van der Waals surface area contributed by atoms with Gasteiger partial charge in [-0.1, -0.05) is 0 Å². The van der Waals surface area contributed by atoms with E-state index in [9.17, 15) is 9.59 Å². The fourth-order valence-electron chi connectivity index (χ4n) is 3.71. The smallest absolute Gasteiger partial charge is 0.317 e. The van der Waals surface area contributed by atoms with Crippen molar-refractivity contribution in [1.82, 2.24) is 0 Å². The third kappa shape index (κ3) is 2.83. The van der Waals surface area contributed by atoms with Crippen LogP contribution in [-0.4, -0.2) is 39.4 Å². The van der Waals surface area contributed by atoms with Crippen LogP contribution in [0.3, 0.4) is 0 Å². The number of benzene rings is 2. The third-order valence-corrected chi connectivity index (χ3v) is 4.99. The van der Waals surface area contributed by atoms with Gasteiger partial charge in [-0.05, 0) is 47.9 Å². The SMILES string of the molecule is CCOC(=O)[C@H]1c2cc(OC)c(OC)cc2CC(=O)c2cc3c(cc21)OCO3. The number of carbonyl (C=O) groups excluding carboxylic acids is 2. The molecule has 1 aliphatic carbocycles. The number of Topliss-reactive ketones (excluding diaryl/α,β-unsaturated/α-hetero) is 1. The Morgan fingerprint density at radius 3 is 2.39 bits per heavy atom. The van der Waals surface area contributed by atoms with Gasteiger partial charge in [0.1, 0.15) is 5.92 Å². The highest BCUT2D eigenvalue weighted by Gasteiger charge is 2.36. The molecule has 2 aromatic carbocycles. The maximum absolute atomic E-state index is 13.0. The lowest BCUT2D eigenvalue weighted by Gasteiger charge is -2.20. The van der Waals surface area contributed by atoms with Crippen LogP contribution in [0.5, 0.6) is 23.0 Å². The number of ether oxygens (including phenoxy) is 5. The molecular formula is C21H20O7. The van der Waals surface area contributed by atoms with Gasteiger partial charge in [-0.25, -0.2) is 0 Å². The van der Waals surface area contributed by atoms with Crippen molar-refractivity contribution in [3.63, 3.8) is 0 Å². The second-order valence-corrected chi connectivity index (χ2v) is 6.48. The summed E-state index contributed by atoms with van der Waals surface area (Å²) in [7, 11) is 3.05. The second kappa shape index (κ2) is 7.07. The van der Waals surface area contributed by atoms with Crippen molar-refractivity contribution in [3.8, 4) is 23.0 Å². The number of methoxy groups -OCH3 is 2. The van der Waals surface area contributed by atoms with E-state index in [1.807, 2.05) is 0 Å². The van der Waals surface area contributed by atoms with Crippen molar-refractivity contribution in [2.45, 2.75) is 19.3 Å². The molecule has 0 fully saturated rings. The maximum atomic E-state index is 13.0. The van der Waals surface area contributed by atoms with Crippen LogP contribution in [0.15, 0.2) is 24.3 Å². The van der Waals surface area contributed by atoms with Gasteiger partial charge < -0.3 is 23.7 Å². The monoisotopic (exact) mass is 384 g/mol. The highest BCUT2D eigenvalue weighted by atomic mass is 16.7. The predicted molar refractivity (Wildman–Crippen MR) is 98.6 cm³/mol. The van der Waals surface area contributed by atoms with E-state index in [1.165, 1.54) is 14.2 Å². The topological polar surface area (TPSA) is 80.3 Å². The molecule has 0 amide bonds. The van der Waals surface area contributed by atoms with Gasteiger partial charge >= 0.3 is 5.97 Å². The minimum atomic E-state index is -0.786. The Labute approximate surface area is 162 Å². The summed E-state index contributed by atoms with van der Waals surface area (Å²) >= 11 is 0. The molecule has 0 saturated heterocycles.